The normalized spacial score (nSPS) is 19.1. The first-order chi connectivity index (χ1) is 9.75. The summed E-state index contributed by atoms with van der Waals surface area (Å²) in [7, 11) is 0. The molecule has 1 fully saturated rings. The second-order valence-corrected chi connectivity index (χ2v) is 4.88. The lowest BCUT2D eigenvalue weighted by Gasteiger charge is -2.34. The molecule has 1 amide bonds. The molecule has 1 aliphatic heterocycles. The Morgan fingerprint density at radius 2 is 2.20 bits per heavy atom. The van der Waals surface area contributed by atoms with Crippen LogP contribution in [0.2, 0.25) is 0 Å². The number of aromatic nitrogens is 2. The van der Waals surface area contributed by atoms with E-state index in [-0.39, 0.29) is 11.9 Å². The van der Waals surface area contributed by atoms with E-state index in [2.05, 4.69) is 22.4 Å². The van der Waals surface area contributed by atoms with Gasteiger partial charge in [0.1, 0.15) is 0 Å². The van der Waals surface area contributed by atoms with E-state index in [1.165, 1.54) is 6.39 Å². The van der Waals surface area contributed by atoms with Gasteiger partial charge in [-0.2, -0.15) is 4.98 Å². The number of nitrogens with one attached hydrogen (secondary N) is 1. The Balaban J connectivity index is 1.78. The quantitative estimate of drug-likeness (QED) is 0.888. The van der Waals surface area contributed by atoms with Gasteiger partial charge >= 0.3 is 0 Å². The van der Waals surface area contributed by atoms with Gasteiger partial charge in [-0.1, -0.05) is 17.3 Å². The minimum atomic E-state index is 0.0682. The van der Waals surface area contributed by atoms with Gasteiger partial charge in [0, 0.05) is 36.8 Å². The number of rotatable bonds is 2. The summed E-state index contributed by atoms with van der Waals surface area (Å²) in [6.07, 6.45) is 1.29. The van der Waals surface area contributed by atoms with Gasteiger partial charge in [-0.3, -0.25) is 4.79 Å². The van der Waals surface area contributed by atoms with Crippen LogP contribution in [0.1, 0.15) is 17.3 Å². The molecule has 1 saturated heterocycles. The van der Waals surface area contributed by atoms with Gasteiger partial charge in [0.05, 0.1) is 0 Å². The van der Waals surface area contributed by atoms with Crippen molar-refractivity contribution in [1.82, 2.24) is 20.4 Å². The van der Waals surface area contributed by atoms with Crippen molar-refractivity contribution in [3.8, 4) is 11.4 Å². The standard InChI is InChI=1S/C14H16N4O2/c1-10-8-15-6-7-18(10)14(19)12-4-2-11(3-5-12)13-16-9-20-17-13/h2-5,9-10,15H,6-8H2,1H3/t10-/m1/s1. The smallest absolute Gasteiger partial charge is 0.254 e. The van der Waals surface area contributed by atoms with Crippen LogP contribution in [0.15, 0.2) is 35.2 Å². The van der Waals surface area contributed by atoms with E-state index in [9.17, 15) is 4.79 Å². The average molecular weight is 272 g/mol. The van der Waals surface area contributed by atoms with Crippen LogP contribution >= 0.6 is 0 Å². The maximum Gasteiger partial charge on any atom is 0.254 e. The predicted octanol–water partition coefficient (Wildman–Crippen LogP) is 1.17. The van der Waals surface area contributed by atoms with Crippen LogP contribution in [0.3, 0.4) is 0 Å². The van der Waals surface area contributed by atoms with Gasteiger partial charge in [0.2, 0.25) is 12.2 Å². The summed E-state index contributed by atoms with van der Waals surface area (Å²) >= 11 is 0. The van der Waals surface area contributed by atoms with Crippen LogP contribution in [0.4, 0.5) is 0 Å². The fraction of sp³-hybridized carbons (Fsp3) is 0.357. The Morgan fingerprint density at radius 1 is 1.40 bits per heavy atom. The lowest BCUT2D eigenvalue weighted by molar-refractivity contribution is 0.0656. The monoisotopic (exact) mass is 272 g/mol. The molecule has 6 nitrogen and oxygen atoms in total. The largest absolute Gasteiger partial charge is 0.342 e. The van der Waals surface area contributed by atoms with E-state index in [4.69, 9.17) is 4.52 Å². The topological polar surface area (TPSA) is 71.3 Å². The molecule has 0 aliphatic carbocycles. The molecule has 0 unspecified atom stereocenters. The zero-order chi connectivity index (χ0) is 13.9. The number of carbonyl (C=O) groups is 1. The van der Waals surface area contributed by atoms with E-state index in [0.717, 1.165) is 25.2 Å². The molecule has 0 radical (unpaired) electrons. The maximum absolute atomic E-state index is 12.5. The number of hydrogen-bond acceptors (Lipinski definition) is 5. The third kappa shape index (κ3) is 2.42. The highest BCUT2D eigenvalue weighted by Crippen LogP contribution is 2.17. The van der Waals surface area contributed by atoms with Crippen LogP contribution in [0.25, 0.3) is 11.4 Å². The number of nitrogens with zero attached hydrogens (tertiary/aromatic N) is 3. The molecule has 1 aliphatic rings. The molecule has 0 bridgehead atoms. The molecule has 0 saturated carbocycles. The van der Waals surface area contributed by atoms with E-state index in [1.807, 2.05) is 29.2 Å². The van der Waals surface area contributed by atoms with E-state index in [1.54, 1.807) is 0 Å². The number of hydrogen-bond donors (Lipinski definition) is 1. The minimum absolute atomic E-state index is 0.0682. The van der Waals surface area contributed by atoms with Gasteiger partial charge in [0.15, 0.2) is 0 Å². The van der Waals surface area contributed by atoms with Gasteiger partial charge < -0.3 is 14.7 Å². The first-order valence-corrected chi connectivity index (χ1v) is 6.64. The third-order valence-electron chi connectivity index (χ3n) is 3.51. The molecule has 2 aromatic rings. The Bertz CT molecular complexity index is 580. The fourth-order valence-electron chi connectivity index (χ4n) is 2.37. The van der Waals surface area contributed by atoms with Crippen molar-refractivity contribution in [1.29, 1.82) is 0 Å². The molecule has 0 spiro atoms. The Hall–Kier alpha value is -2.21. The van der Waals surface area contributed by atoms with Gasteiger partial charge in [-0.15, -0.1) is 0 Å². The number of amides is 1. The molecule has 3 rings (SSSR count). The molecule has 1 N–H and O–H groups in total. The molecular weight excluding hydrogens is 256 g/mol. The van der Waals surface area contributed by atoms with Crippen molar-refractivity contribution in [2.75, 3.05) is 19.6 Å². The van der Waals surface area contributed by atoms with Crippen molar-refractivity contribution in [3.63, 3.8) is 0 Å². The van der Waals surface area contributed by atoms with Crippen LogP contribution in [-0.4, -0.2) is 46.6 Å². The first kappa shape index (κ1) is 12.8. The summed E-state index contributed by atoms with van der Waals surface area (Å²) in [4.78, 5) is 18.3. The van der Waals surface area contributed by atoms with E-state index < -0.39 is 0 Å². The summed E-state index contributed by atoms with van der Waals surface area (Å²) in [5.41, 5.74) is 1.52. The molecule has 104 valence electrons. The van der Waals surface area contributed by atoms with Crippen molar-refractivity contribution in [3.05, 3.63) is 36.2 Å². The van der Waals surface area contributed by atoms with Crippen LogP contribution in [0.5, 0.6) is 0 Å². The van der Waals surface area contributed by atoms with Gasteiger partial charge in [0.25, 0.3) is 5.91 Å². The average Bonchev–Trinajstić information content (AvgIpc) is 3.01. The maximum atomic E-state index is 12.5. The summed E-state index contributed by atoms with van der Waals surface area (Å²) < 4.78 is 4.71. The minimum Gasteiger partial charge on any atom is -0.342 e. The highest BCUT2D eigenvalue weighted by Gasteiger charge is 2.23. The number of carbonyl (C=O) groups excluding carboxylic acids is 1. The third-order valence-corrected chi connectivity index (χ3v) is 3.51. The summed E-state index contributed by atoms with van der Waals surface area (Å²) in [5, 5.41) is 7.05. The Morgan fingerprint density at radius 3 is 2.85 bits per heavy atom. The molecule has 2 heterocycles. The van der Waals surface area contributed by atoms with Crippen molar-refractivity contribution < 1.29 is 9.32 Å². The predicted molar refractivity (Wildman–Crippen MR) is 73.1 cm³/mol. The zero-order valence-electron chi connectivity index (χ0n) is 11.2. The molecular formula is C14H16N4O2. The molecule has 6 heteroatoms. The Kier molecular flexibility index (Phi) is 3.47. The summed E-state index contributed by atoms with van der Waals surface area (Å²) in [6, 6.07) is 7.51. The number of piperazine rings is 1. The SMILES string of the molecule is C[C@@H]1CNCCN1C(=O)c1ccc(-c2ncon2)cc1. The zero-order valence-corrected chi connectivity index (χ0v) is 11.2. The van der Waals surface area contributed by atoms with Crippen molar-refractivity contribution >= 4 is 5.91 Å². The second-order valence-electron chi connectivity index (χ2n) is 4.88. The van der Waals surface area contributed by atoms with Crippen molar-refractivity contribution in [2.24, 2.45) is 0 Å². The highest BCUT2D eigenvalue weighted by molar-refractivity contribution is 5.94. The highest BCUT2D eigenvalue weighted by atomic mass is 16.5. The fourth-order valence-corrected chi connectivity index (χ4v) is 2.37. The molecule has 1 atom stereocenters. The molecule has 1 aromatic carbocycles. The van der Waals surface area contributed by atoms with Crippen LogP contribution < -0.4 is 5.32 Å². The van der Waals surface area contributed by atoms with E-state index in [0.29, 0.717) is 11.4 Å². The summed E-state index contributed by atoms with van der Waals surface area (Å²) in [6.45, 7) is 4.48. The van der Waals surface area contributed by atoms with Crippen LogP contribution in [0, 0.1) is 0 Å². The first-order valence-electron chi connectivity index (χ1n) is 6.64. The molecule has 1 aromatic heterocycles. The number of benzene rings is 1. The van der Waals surface area contributed by atoms with Gasteiger partial charge in [-0.25, -0.2) is 0 Å². The van der Waals surface area contributed by atoms with Gasteiger partial charge in [-0.05, 0) is 19.1 Å². The van der Waals surface area contributed by atoms with Crippen LogP contribution in [-0.2, 0) is 0 Å². The Labute approximate surface area is 116 Å². The lowest BCUT2D eigenvalue weighted by Crippen LogP contribution is -2.52. The second kappa shape index (κ2) is 5.42. The summed E-state index contributed by atoms with van der Waals surface area (Å²) in [5.74, 6) is 0.596. The lowest BCUT2D eigenvalue weighted by atomic mass is 10.1. The molecule has 20 heavy (non-hydrogen) atoms. The van der Waals surface area contributed by atoms with Crippen molar-refractivity contribution in [2.45, 2.75) is 13.0 Å². The van der Waals surface area contributed by atoms with E-state index >= 15 is 0 Å².